The molecular formula is C14H21BrN2O2. The van der Waals surface area contributed by atoms with Crippen LogP contribution in [-0.2, 0) is 4.79 Å². The summed E-state index contributed by atoms with van der Waals surface area (Å²) in [4.78, 5) is 13.5. The van der Waals surface area contributed by atoms with E-state index in [1.165, 1.54) is 0 Å². The Hall–Kier alpha value is -1.07. The van der Waals surface area contributed by atoms with Crippen molar-refractivity contribution in [3.63, 3.8) is 0 Å². The molecule has 1 atom stereocenters. The molecule has 2 N–H and O–H groups in total. The molecule has 0 bridgehead atoms. The van der Waals surface area contributed by atoms with Gasteiger partial charge in [0.2, 0.25) is 5.91 Å². The average Bonchev–Trinajstić information content (AvgIpc) is 2.35. The Morgan fingerprint density at radius 2 is 2.21 bits per heavy atom. The van der Waals surface area contributed by atoms with Crippen LogP contribution >= 0.6 is 15.9 Å². The van der Waals surface area contributed by atoms with Crippen molar-refractivity contribution in [3.8, 4) is 0 Å². The summed E-state index contributed by atoms with van der Waals surface area (Å²) in [7, 11) is 1.87. The highest BCUT2D eigenvalue weighted by Crippen LogP contribution is 2.27. The molecule has 1 amide bonds. The van der Waals surface area contributed by atoms with E-state index in [1.807, 2.05) is 37.1 Å². The molecule has 5 heteroatoms. The van der Waals surface area contributed by atoms with Crippen LogP contribution in [0.15, 0.2) is 22.7 Å². The quantitative estimate of drug-likeness (QED) is 0.843. The maximum absolute atomic E-state index is 11.6. The van der Waals surface area contributed by atoms with Gasteiger partial charge in [0.05, 0.1) is 12.6 Å². The largest absolute Gasteiger partial charge is 0.389 e. The van der Waals surface area contributed by atoms with Gasteiger partial charge in [-0.3, -0.25) is 4.79 Å². The van der Waals surface area contributed by atoms with Gasteiger partial charge in [-0.25, -0.2) is 0 Å². The van der Waals surface area contributed by atoms with E-state index in [9.17, 15) is 9.90 Å². The number of benzene rings is 1. The van der Waals surface area contributed by atoms with Crippen molar-refractivity contribution in [3.05, 3.63) is 28.2 Å². The molecule has 0 spiro atoms. The Bertz CT molecular complexity index is 435. The summed E-state index contributed by atoms with van der Waals surface area (Å²) in [6.45, 7) is 4.77. The molecule has 1 aromatic carbocycles. The summed E-state index contributed by atoms with van der Waals surface area (Å²) in [6.07, 6.45) is 0.422. The first-order valence-corrected chi connectivity index (χ1v) is 7.20. The summed E-state index contributed by atoms with van der Waals surface area (Å²) in [6, 6.07) is 5.68. The molecule has 106 valence electrons. The van der Waals surface area contributed by atoms with Crippen molar-refractivity contribution >= 4 is 27.5 Å². The molecule has 0 saturated carbocycles. The van der Waals surface area contributed by atoms with Crippen molar-refractivity contribution in [1.82, 2.24) is 5.32 Å². The zero-order valence-electron chi connectivity index (χ0n) is 11.6. The number of amides is 1. The Balaban J connectivity index is 2.70. The van der Waals surface area contributed by atoms with E-state index in [-0.39, 0.29) is 5.91 Å². The number of anilines is 1. The van der Waals surface area contributed by atoms with Crippen LogP contribution in [0.3, 0.4) is 0 Å². The fourth-order valence-corrected chi connectivity index (χ4v) is 2.42. The van der Waals surface area contributed by atoms with E-state index in [1.54, 1.807) is 6.92 Å². The van der Waals surface area contributed by atoms with Crippen LogP contribution in [0.5, 0.6) is 0 Å². The highest BCUT2D eigenvalue weighted by molar-refractivity contribution is 9.10. The zero-order valence-corrected chi connectivity index (χ0v) is 13.2. The summed E-state index contributed by atoms with van der Waals surface area (Å²) < 4.78 is 0.848. The number of aliphatic hydroxyl groups is 1. The van der Waals surface area contributed by atoms with Crippen LogP contribution in [0, 0.1) is 0 Å². The van der Waals surface area contributed by atoms with Gasteiger partial charge < -0.3 is 15.3 Å². The highest BCUT2D eigenvalue weighted by Gasteiger charge is 2.11. The molecule has 0 saturated heterocycles. The van der Waals surface area contributed by atoms with Crippen molar-refractivity contribution in [2.75, 3.05) is 25.0 Å². The van der Waals surface area contributed by atoms with Gasteiger partial charge in [-0.05, 0) is 31.0 Å². The summed E-state index contributed by atoms with van der Waals surface area (Å²) >= 11 is 3.44. The predicted molar refractivity (Wildman–Crippen MR) is 81.3 cm³/mol. The smallest absolute Gasteiger partial charge is 0.239 e. The summed E-state index contributed by atoms with van der Waals surface area (Å²) in [5, 5.41) is 12.4. The predicted octanol–water partition coefficient (Wildman–Crippen LogP) is 2.46. The third kappa shape index (κ3) is 4.84. The van der Waals surface area contributed by atoms with Crippen LogP contribution in [0.25, 0.3) is 0 Å². The van der Waals surface area contributed by atoms with Gasteiger partial charge >= 0.3 is 0 Å². The molecule has 0 unspecified atom stereocenters. The molecule has 19 heavy (non-hydrogen) atoms. The number of rotatable bonds is 6. The Labute approximate surface area is 122 Å². The van der Waals surface area contributed by atoms with Crippen LogP contribution in [0.2, 0.25) is 0 Å². The first-order chi connectivity index (χ1) is 8.95. The van der Waals surface area contributed by atoms with E-state index in [0.29, 0.717) is 13.1 Å². The molecule has 4 nitrogen and oxygen atoms in total. The van der Waals surface area contributed by atoms with Crippen molar-refractivity contribution < 1.29 is 9.90 Å². The zero-order chi connectivity index (χ0) is 14.4. The van der Waals surface area contributed by atoms with Crippen LogP contribution in [0.1, 0.15) is 31.9 Å². The van der Waals surface area contributed by atoms with Crippen LogP contribution in [-0.4, -0.2) is 31.2 Å². The molecule has 1 rings (SSSR count). The number of aliphatic hydroxyl groups excluding tert-OH is 1. The molecule has 0 radical (unpaired) electrons. The van der Waals surface area contributed by atoms with Crippen LogP contribution < -0.4 is 10.2 Å². The van der Waals surface area contributed by atoms with E-state index in [0.717, 1.165) is 22.1 Å². The van der Waals surface area contributed by atoms with E-state index >= 15 is 0 Å². The normalized spacial score (nSPS) is 12.1. The second-order valence-electron chi connectivity index (χ2n) is 4.59. The Kier molecular flexibility index (Phi) is 6.31. The molecule has 0 aliphatic rings. The average molecular weight is 329 g/mol. The van der Waals surface area contributed by atoms with Crippen LogP contribution in [0.4, 0.5) is 5.69 Å². The first-order valence-electron chi connectivity index (χ1n) is 6.41. The lowest BCUT2D eigenvalue weighted by Crippen LogP contribution is -2.35. The molecule has 0 aliphatic carbocycles. The topological polar surface area (TPSA) is 52.6 Å². The molecular weight excluding hydrogens is 308 g/mol. The van der Waals surface area contributed by atoms with E-state index in [2.05, 4.69) is 21.2 Å². The lowest BCUT2D eigenvalue weighted by Gasteiger charge is -2.20. The lowest BCUT2D eigenvalue weighted by atomic mass is 10.1. The highest BCUT2D eigenvalue weighted by atomic mass is 79.9. The third-order valence-electron chi connectivity index (χ3n) is 2.83. The molecule has 0 aromatic heterocycles. The van der Waals surface area contributed by atoms with E-state index in [4.69, 9.17) is 0 Å². The van der Waals surface area contributed by atoms with Gasteiger partial charge in [-0.15, -0.1) is 0 Å². The van der Waals surface area contributed by atoms with Crippen molar-refractivity contribution in [2.24, 2.45) is 0 Å². The fraction of sp³-hybridized carbons (Fsp3) is 0.500. The van der Waals surface area contributed by atoms with Crippen molar-refractivity contribution in [1.29, 1.82) is 0 Å². The van der Waals surface area contributed by atoms with Gasteiger partial charge in [-0.2, -0.15) is 0 Å². The number of nitrogens with one attached hydrogen (secondary N) is 1. The number of hydrogen-bond acceptors (Lipinski definition) is 3. The Morgan fingerprint density at radius 1 is 1.53 bits per heavy atom. The van der Waals surface area contributed by atoms with Gasteiger partial charge in [-0.1, -0.05) is 28.9 Å². The maximum Gasteiger partial charge on any atom is 0.239 e. The van der Waals surface area contributed by atoms with Gasteiger partial charge in [0.25, 0.3) is 0 Å². The summed E-state index contributed by atoms with van der Waals surface area (Å²) in [5.41, 5.74) is 1.77. The number of halogens is 1. The fourth-order valence-electron chi connectivity index (χ4n) is 1.72. The first kappa shape index (κ1) is 16.0. The monoisotopic (exact) mass is 328 g/mol. The second kappa shape index (κ2) is 7.50. The number of carbonyl (C=O) groups excluding carboxylic acids is 1. The van der Waals surface area contributed by atoms with Gasteiger partial charge in [0.1, 0.15) is 0 Å². The molecule has 0 aliphatic heterocycles. The minimum Gasteiger partial charge on any atom is -0.389 e. The lowest BCUT2D eigenvalue weighted by molar-refractivity contribution is -0.119. The summed E-state index contributed by atoms with van der Waals surface area (Å²) in [5.74, 6) is 0.0140. The van der Waals surface area contributed by atoms with Gasteiger partial charge in [0, 0.05) is 23.8 Å². The SMILES string of the molecule is CCCNC(=O)CN(C)c1ccc([C@H](C)O)c(Br)c1. The standard InChI is InChI=1S/C14H21BrN2O2/c1-4-7-16-14(19)9-17(3)11-5-6-12(10(2)18)13(15)8-11/h5-6,8,10,18H,4,7,9H2,1-3H3,(H,16,19)/t10-/m0/s1. The second-order valence-corrected chi connectivity index (χ2v) is 5.44. The number of carbonyl (C=O) groups is 1. The number of likely N-dealkylation sites (N-methyl/N-ethyl adjacent to an activating group) is 1. The molecule has 1 aromatic rings. The number of nitrogens with zero attached hydrogens (tertiary/aromatic N) is 1. The molecule has 0 fully saturated rings. The molecule has 0 heterocycles. The number of hydrogen-bond donors (Lipinski definition) is 2. The van der Waals surface area contributed by atoms with Crippen molar-refractivity contribution in [2.45, 2.75) is 26.4 Å². The van der Waals surface area contributed by atoms with Gasteiger partial charge in [0.15, 0.2) is 0 Å². The minimum absolute atomic E-state index is 0.0140. The third-order valence-corrected chi connectivity index (χ3v) is 3.51. The minimum atomic E-state index is -0.512. The van der Waals surface area contributed by atoms with E-state index < -0.39 is 6.10 Å². The Morgan fingerprint density at radius 3 is 2.74 bits per heavy atom. The maximum atomic E-state index is 11.6.